The van der Waals surface area contributed by atoms with Gasteiger partial charge < -0.3 is 14.8 Å². The normalized spacial score (nSPS) is 14.5. The van der Waals surface area contributed by atoms with Crippen molar-refractivity contribution in [3.8, 4) is 11.5 Å². The highest BCUT2D eigenvalue weighted by Gasteiger charge is 2.19. The topological polar surface area (TPSA) is 47.6 Å². The highest BCUT2D eigenvalue weighted by Crippen LogP contribution is 2.38. The zero-order valence-electron chi connectivity index (χ0n) is 14.3. The minimum atomic E-state index is -0.155. The molecule has 1 unspecified atom stereocenters. The molecule has 0 bridgehead atoms. The summed E-state index contributed by atoms with van der Waals surface area (Å²) in [6, 6.07) is 13.5. The molecular weight excluding hydrogens is 338 g/mol. The van der Waals surface area contributed by atoms with Gasteiger partial charge in [-0.2, -0.15) is 0 Å². The van der Waals surface area contributed by atoms with Crippen LogP contribution in [0.1, 0.15) is 36.8 Å². The Kier molecular flexibility index (Phi) is 5.82. The van der Waals surface area contributed by atoms with Gasteiger partial charge in [0, 0.05) is 13.0 Å². The molecule has 1 heterocycles. The Bertz CT molecular complexity index is 733. The largest absolute Gasteiger partial charge is 0.489 e. The standard InChI is InChI=1S/C20H22ClNO3/c1-2-16(15-7-4-3-5-8-15)20(23)22-13-14-11-17(21)19-18(12-14)24-9-6-10-25-19/h3-5,7-8,11-12,16H,2,6,9-10,13H2,1H3,(H,22,23). The first-order chi connectivity index (χ1) is 12.2. The van der Waals surface area contributed by atoms with Crippen LogP contribution in [0.3, 0.4) is 0 Å². The Morgan fingerprint density at radius 1 is 1.20 bits per heavy atom. The van der Waals surface area contributed by atoms with Crippen molar-refractivity contribution in [2.24, 2.45) is 0 Å². The number of benzene rings is 2. The van der Waals surface area contributed by atoms with Gasteiger partial charge >= 0.3 is 0 Å². The van der Waals surface area contributed by atoms with Crippen LogP contribution in [-0.2, 0) is 11.3 Å². The second-order valence-electron chi connectivity index (χ2n) is 6.04. The smallest absolute Gasteiger partial charge is 0.227 e. The number of halogens is 1. The molecule has 132 valence electrons. The van der Waals surface area contributed by atoms with Crippen LogP contribution in [0.15, 0.2) is 42.5 Å². The van der Waals surface area contributed by atoms with Crippen molar-refractivity contribution in [3.63, 3.8) is 0 Å². The number of amides is 1. The molecule has 3 rings (SSSR count). The van der Waals surface area contributed by atoms with Crippen molar-refractivity contribution in [1.29, 1.82) is 0 Å². The fraction of sp³-hybridized carbons (Fsp3) is 0.350. The van der Waals surface area contributed by atoms with Crippen LogP contribution in [0.2, 0.25) is 5.02 Å². The number of carbonyl (C=O) groups excluding carboxylic acids is 1. The number of ether oxygens (including phenoxy) is 2. The molecule has 0 aromatic heterocycles. The zero-order valence-corrected chi connectivity index (χ0v) is 15.0. The molecule has 4 nitrogen and oxygen atoms in total. The molecule has 0 radical (unpaired) electrons. The van der Waals surface area contributed by atoms with E-state index in [4.69, 9.17) is 21.1 Å². The van der Waals surface area contributed by atoms with Gasteiger partial charge in [0.05, 0.1) is 24.2 Å². The van der Waals surface area contributed by atoms with Crippen LogP contribution in [-0.4, -0.2) is 19.1 Å². The second kappa shape index (κ2) is 8.26. The maximum Gasteiger partial charge on any atom is 0.227 e. The monoisotopic (exact) mass is 359 g/mol. The molecule has 1 amide bonds. The number of hydrogen-bond donors (Lipinski definition) is 1. The minimum Gasteiger partial charge on any atom is -0.489 e. The molecule has 2 aromatic rings. The van der Waals surface area contributed by atoms with Gasteiger partial charge in [0.1, 0.15) is 0 Å². The Balaban J connectivity index is 1.69. The van der Waals surface area contributed by atoms with Crippen LogP contribution >= 0.6 is 11.6 Å². The average molecular weight is 360 g/mol. The highest BCUT2D eigenvalue weighted by molar-refractivity contribution is 6.32. The first-order valence-electron chi connectivity index (χ1n) is 8.59. The van der Waals surface area contributed by atoms with E-state index in [1.165, 1.54) is 0 Å². The molecule has 1 N–H and O–H groups in total. The Morgan fingerprint density at radius 3 is 2.72 bits per heavy atom. The Hall–Kier alpha value is -2.20. The molecule has 0 aliphatic carbocycles. The van der Waals surface area contributed by atoms with Crippen molar-refractivity contribution in [2.45, 2.75) is 32.2 Å². The maximum atomic E-state index is 12.6. The van der Waals surface area contributed by atoms with Gasteiger partial charge in [-0.25, -0.2) is 0 Å². The third-order valence-corrected chi connectivity index (χ3v) is 4.54. The first kappa shape index (κ1) is 17.6. The van der Waals surface area contributed by atoms with Crippen LogP contribution < -0.4 is 14.8 Å². The predicted octanol–water partition coefficient (Wildman–Crippen LogP) is 4.31. The van der Waals surface area contributed by atoms with E-state index < -0.39 is 0 Å². The predicted molar refractivity (Wildman–Crippen MR) is 98.4 cm³/mol. The number of rotatable bonds is 5. The van der Waals surface area contributed by atoms with Crippen LogP contribution in [0.5, 0.6) is 11.5 Å². The van der Waals surface area contributed by atoms with E-state index in [9.17, 15) is 4.79 Å². The average Bonchev–Trinajstić information content (AvgIpc) is 2.87. The Morgan fingerprint density at radius 2 is 1.96 bits per heavy atom. The second-order valence-corrected chi connectivity index (χ2v) is 6.45. The highest BCUT2D eigenvalue weighted by atomic mass is 35.5. The summed E-state index contributed by atoms with van der Waals surface area (Å²) in [6.07, 6.45) is 1.57. The molecule has 25 heavy (non-hydrogen) atoms. The van der Waals surface area contributed by atoms with Gasteiger partial charge in [-0.1, -0.05) is 48.9 Å². The number of hydrogen-bond acceptors (Lipinski definition) is 3. The molecule has 1 aliphatic heterocycles. The van der Waals surface area contributed by atoms with Gasteiger partial charge in [0.2, 0.25) is 5.91 Å². The SMILES string of the molecule is CCC(C(=O)NCc1cc(Cl)c2c(c1)OCCCO2)c1ccccc1. The number of fused-ring (bicyclic) bond motifs is 1. The molecule has 1 aliphatic rings. The van der Waals surface area contributed by atoms with E-state index in [2.05, 4.69) is 5.32 Å². The van der Waals surface area contributed by atoms with Gasteiger partial charge in [-0.15, -0.1) is 0 Å². The third-order valence-electron chi connectivity index (χ3n) is 4.26. The van der Waals surface area contributed by atoms with Crippen molar-refractivity contribution >= 4 is 17.5 Å². The molecular formula is C20H22ClNO3. The van der Waals surface area contributed by atoms with E-state index in [0.717, 1.165) is 24.0 Å². The van der Waals surface area contributed by atoms with Crippen LogP contribution in [0.25, 0.3) is 0 Å². The van der Waals surface area contributed by atoms with E-state index in [1.54, 1.807) is 0 Å². The van der Waals surface area contributed by atoms with Crippen LogP contribution in [0, 0.1) is 0 Å². The molecule has 1 atom stereocenters. The first-order valence-corrected chi connectivity index (χ1v) is 8.97. The zero-order chi connectivity index (χ0) is 17.6. The Labute approximate surface area is 153 Å². The van der Waals surface area contributed by atoms with Crippen molar-refractivity contribution < 1.29 is 14.3 Å². The minimum absolute atomic E-state index is 0.0110. The molecule has 0 fully saturated rings. The van der Waals surface area contributed by atoms with E-state index in [-0.39, 0.29) is 11.8 Å². The van der Waals surface area contributed by atoms with E-state index >= 15 is 0 Å². The summed E-state index contributed by atoms with van der Waals surface area (Å²) >= 11 is 6.30. The molecule has 0 saturated heterocycles. The molecule has 0 spiro atoms. The van der Waals surface area contributed by atoms with Gasteiger partial charge in [-0.05, 0) is 29.7 Å². The lowest BCUT2D eigenvalue weighted by Gasteiger charge is -2.16. The molecule has 5 heteroatoms. The van der Waals surface area contributed by atoms with Crippen molar-refractivity contribution in [2.75, 3.05) is 13.2 Å². The lowest BCUT2D eigenvalue weighted by atomic mass is 9.95. The summed E-state index contributed by atoms with van der Waals surface area (Å²) in [6.45, 7) is 3.61. The lowest BCUT2D eigenvalue weighted by Crippen LogP contribution is -2.28. The summed E-state index contributed by atoms with van der Waals surface area (Å²) in [4.78, 5) is 12.6. The summed E-state index contributed by atoms with van der Waals surface area (Å²) in [5, 5.41) is 3.52. The molecule has 0 saturated carbocycles. The van der Waals surface area contributed by atoms with Crippen molar-refractivity contribution in [3.05, 3.63) is 58.6 Å². The number of carbonyl (C=O) groups is 1. The lowest BCUT2D eigenvalue weighted by molar-refractivity contribution is -0.122. The number of nitrogens with one attached hydrogen (secondary N) is 1. The quantitative estimate of drug-likeness (QED) is 0.865. The van der Waals surface area contributed by atoms with Crippen LogP contribution in [0.4, 0.5) is 0 Å². The van der Waals surface area contributed by atoms with Crippen molar-refractivity contribution in [1.82, 2.24) is 5.32 Å². The third kappa shape index (κ3) is 4.26. The van der Waals surface area contributed by atoms with E-state index in [0.29, 0.717) is 36.3 Å². The fourth-order valence-corrected chi connectivity index (χ4v) is 3.24. The summed E-state index contributed by atoms with van der Waals surface area (Å²) in [5.41, 5.74) is 1.92. The summed E-state index contributed by atoms with van der Waals surface area (Å²) in [5.74, 6) is 1.09. The van der Waals surface area contributed by atoms with Gasteiger partial charge in [0.25, 0.3) is 0 Å². The maximum absolute atomic E-state index is 12.6. The van der Waals surface area contributed by atoms with Gasteiger partial charge in [0.15, 0.2) is 11.5 Å². The molecule has 2 aromatic carbocycles. The van der Waals surface area contributed by atoms with E-state index in [1.807, 2.05) is 49.4 Å². The van der Waals surface area contributed by atoms with Gasteiger partial charge in [-0.3, -0.25) is 4.79 Å². The summed E-state index contributed by atoms with van der Waals surface area (Å²) < 4.78 is 11.3. The summed E-state index contributed by atoms with van der Waals surface area (Å²) in [7, 11) is 0. The fourth-order valence-electron chi connectivity index (χ4n) is 2.96.